The predicted octanol–water partition coefficient (Wildman–Crippen LogP) is 2.34. The summed E-state index contributed by atoms with van der Waals surface area (Å²) in [5, 5.41) is 6.69. The fourth-order valence-electron chi connectivity index (χ4n) is 1.51. The summed E-state index contributed by atoms with van der Waals surface area (Å²) in [6.07, 6.45) is 1.34. The number of hydrazone groups is 1. The van der Waals surface area contributed by atoms with Crippen molar-refractivity contribution >= 4 is 45.6 Å². The number of halogens is 2. The van der Waals surface area contributed by atoms with Crippen molar-refractivity contribution in [3.05, 3.63) is 51.9 Å². The molecule has 7 nitrogen and oxygen atoms in total. The summed E-state index contributed by atoms with van der Waals surface area (Å²) in [6.45, 7) is -0.430. The highest BCUT2D eigenvalue weighted by Gasteiger charge is 2.06. The number of rotatable bonds is 7. The molecule has 1 heterocycles. The van der Waals surface area contributed by atoms with E-state index in [0.29, 0.717) is 21.2 Å². The Labute approximate surface area is 151 Å². The van der Waals surface area contributed by atoms with Crippen molar-refractivity contribution in [2.45, 2.75) is 0 Å². The Morgan fingerprint density at radius 1 is 1.21 bits per heavy atom. The Bertz CT molecular complexity index is 731. The highest BCUT2D eigenvalue weighted by Crippen LogP contribution is 2.15. The number of nitrogens with zero attached hydrogens (tertiary/aromatic N) is 1. The van der Waals surface area contributed by atoms with Gasteiger partial charge in [0.05, 0.1) is 12.8 Å². The Morgan fingerprint density at radius 3 is 2.62 bits per heavy atom. The maximum Gasteiger partial charge on any atom is 0.259 e. The van der Waals surface area contributed by atoms with Gasteiger partial charge in [-0.2, -0.15) is 5.10 Å². The Hall–Kier alpha value is -2.32. The molecule has 0 radical (unpaired) electrons. The molecule has 24 heavy (non-hydrogen) atoms. The van der Waals surface area contributed by atoms with Crippen LogP contribution < -0.4 is 15.5 Å². The van der Waals surface area contributed by atoms with Crippen LogP contribution in [0.4, 0.5) is 0 Å². The molecule has 126 valence electrons. The van der Waals surface area contributed by atoms with E-state index >= 15 is 0 Å². The van der Waals surface area contributed by atoms with Gasteiger partial charge in [0.2, 0.25) is 0 Å². The van der Waals surface area contributed by atoms with Crippen LogP contribution in [0.25, 0.3) is 0 Å². The average molecular weight is 415 g/mol. The summed E-state index contributed by atoms with van der Waals surface area (Å²) in [4.78, 5) is 23.1. The maximum atomic E-state index is 11.6. The number of nitrogens with one attached hydrogen (secondary N) is 2. The second-order valence-corrected chi connectivity index (χ2v) is 5.67. The zero-order valence-corrected chi connectivity index (χ0v) is 14.6. The van der Waals surface area contributed by atoms with Crippen LogP contribution in [0.15, 0.2) is 50.6 Å². The minimum absolute atomic E-state index is 0.210. The molecule has 0 bridgehead atoms. The van der Waals surface area contributed by atoms with E-state index < -0.39 is 11.8 Å². The molecule has 1 aromatic heterocycles. The van der Waals surface area contributed by atoms with E-state index in [2.05, 4.69) is 31.8 Å². The molecule has 0 spiro atoms. The van der Waals surface area contributed by atoms with Gasteiger partial charge in [0, 0.05) is 5.02 Å². The number of carbonyl (C=O) groups is 2. The summed E-state index contributed by atoms with van der Waals surface area (Å²) in [6, 6.07) is 9.96. The number of carbonyl (C=O) groups excluding carboxylic acids is 2. The van der Waals surface area contributed by atoms with Crippen molar-refractivity contribution in [2.75, 3.05) is 13.2 Å². The first kappa shape index (κ1) is 18.0. The average Bonchev–Trinajstić information content (AvgIpc) is 2.98. The third-order valence-electron chi connectivity index (χ3n) is 2.60. The van der Waals surface area contributed by atoms with Gasteiger partial charge in [-0.25, -0.2) is 5.43 Å². The Kier molecular flexibility index (Phi) is 6.83. The molecular weight excluding hydrogens is 402 g/mol. The van der Waals surface area contributed by atoms with E-state index in [1.165, 1.54) is 6.21 Å². The molecule has 2 amide bonds. The van der Waals surface area contributed by atoms with Gasteiger partial charge >= 0.3 is 0 Å². The lowest BCUT2D eigenvalue weighted by molar-refractivity contribution is -0.127. The molecule has 2 aromatic rings. The lowest BCUT2D eigenvalue weighted by atomic mass is 10.3. The molecule has 0 unspecified atom stereocenters. The standard InChI is InChI=1S/C15H13BrClN3O4/c16-13-6-5-12(24-13)7-19-20-14(21)8-18-15(22)9-23-11-3-1-10(17)2-4-11/h1-7H,8-9H2,(H,18,22)(H,20,21)/b19-7-. The Balaban J connectivity index is 1.64. The van der Waals surface area contributed by atoms with Crippen molar-refractivity contribution in [3.63, 3.8) is 0 Å². The van der Waals surface area contributed by atoms with Gasteiger partial charge in [0.25, 0.3) is 11.8 Å². The van der Waals surface area contributed by atoms with Gasteiger partial charge < -0.3 is 14.5 Å². The number of amides is 2. The molecule has 9 heteroatoms. The van der Waals surface area contributed by atoms with Gasteiger partial charge in [-0.15, -0.1) is 0 Å². The molecule has 0 aliphatic rings. The minimum atomic E-state index is -0.475. The largest absolute Gasteiger partial charge is 0.484 e. The third-order valence-corrected chi connectivity index (χ3v) is 3.28. The topological polar surface area (TPSA) is 92.9 Å². The summed E-state index contributed by atoms with van der Waals surface area (Å²) in [5.41, 5.74) is 2.26. The zero-order chi connectivity index (χ0) is 17.4. The van der Waals surface area contributed by atoms with Crippen molar-refractivity contribution in [2.24, 2.45) is 5.10 Å². The number of ether oxygens (including phenoxy) is 1. The quantitative estimate of drug-likeness (QED) is 0.537. The number of benzene rings is 1. The molecular formula is C15H13BrClN3O4. The van der Waals surface area contributed by atoms with Crippen LogP contribution in [0.5, 0.6) is 5.75 Å². The van der Waals surface area contributed by atoms with Crippen molar-refractivity contribution in [1.82, 2.24) is 10.7 Å². The van der Waals surface area contributed by atoms with Gasteiger partial charge in [-0.05, 0) is 52.3 Å². The molecule has 0 saturated heterocycles. The first-order chi connectivity index (χ1) is 11.5. The minimum Gasteiger partial charge on any atom is -0.484 e. The first-order valence-electron chi connectivity index (χ1n) is 6.75. The zero-order valence-electron chi connectivity index (χ0n) is 12.3. The Morgan fingerprint density at radius 2 is 1.96 bits per heavy atom. The fourth-order valence-corrected chi connectivity index (χ4v) is 1.96. The van der Waals surface area contributed by atoms with Crippen LogP contribution >= 0.6 is 27.5 Å². The van der Waals surface area contributed by atoms with Gasteiger partial charge in [0.15, 0.2) is 11.3 Å². The maximum absolute atomic E-state index is 11.6. The van der Waals surface area contributed by atoms with Crippen LogP contribution in [0, 0.1) is 0 Å². The molecule has 2 N–H and O–H groups in total. The number of hydrogen-bond acceptors (Lipinski definition) is 5. The van der Waals surface area contributed by atoms with E-state index in [0.717, 1.165) is 0 Å². The van der Waals surface area contributed by atoms with Gasteiger partial charge in [-0.1, -0.05) is 11.6 Å². The molecule has 0 saturated carbocycles. The lowest BCUT2D eigenvalue weighted by Crippen LogP contribution is -2.37. The lowest BCUT2D eigenvalue weighted by Gasteiger charge is -2.06. The number of hydrogen-bond donors (Lipinski definition) is 2. The SMILES string of the molecule is O=C(COc1ccc(Cl)cc1)NCC(=O)N/N=C\c1ccc(Br)o1. The highest BCUT2D eigenvalue weighted by atomic mass is 79.9. The second-order valence-electron chi connectivity index (χ2n) is 4.45. The van der Waals surface area contributed by atoms with E-state index in [1.807, 2.05) is 0 Å². The van der Waals surface area contributed by atoms with Crippen LogP contribution in [-0.2, 0) is 9.59 Å². The third kappa shape index (κ3) is 6.43. The van der Waals surface area contributed by atoms with Crippen LogP contribution in [0.1, 0.15) is 5.76 Å². The van der Waals surface area contributed by atoms with Crippen molar-refractivity contribution < 1.29 is 18.7 Å². The van der Waals surface area contributed by atoms with Gasteiger partial charge in [-0.3, -0.25) is 9.59 Å². The van der Waals surface area contributed by atoms with Crippen molar-refractivity contribution in [1.29, 1.82) is 0 Å². The summed E-state index contributed by atoms with van der Waals surface area (Å²) < 4.78 is 11.0. The van der Waals surface area contributed by atoms with E-state index in [-0.39, 0.29) is 13.2 Å². The van der Waals surface area contributed by atoms with E-state index in [1.54, 1.807) is 36.4 Å². The summed E-state index contributed by atoms with van der Waals surface area (Å²) >= 11 is 8.89. The molecule has 0 aliphatic carbocycles. The fraction of sp³-hybridized carbons (Fsp3) is 0.133. The van der Waals surface area contributed by atoms with E-state index in [9.17, 15) is 9.59 Å². The molecule has 0 atom stereocenters. The van der Waals surface area contributed by atoms with Crippen molar-refractivity contribution in [3.8, 4) is 5.75 Å². The molecule has 0 fully saturated rings. The first-order valence-corrected chi connectivity index (χ1v) is 7.92. The van der Waals surface area contributed by atoms with Gasteiger partial charge in [0.1, 0.15) is 11.5 Å². The van der Waals surface area contributed by atoms with Crippen LogP contribution in [-0.4, -0.2) is 31.2 Å². The number of furan rings is 1. The molecule has 2 rings (SSSR count). The smallest absolute Gasteiger partial charge is 0.259 e. The predicted molar refractivity (Wildman–Crippen MR) is 92.1 cm³/mol. The monoisotopic (exact) mass is 413 g/mol. The van der Waals surface area contributed by atoms with Crippen LogP contribution in [0.2, 0.25) is 5.02 Å². The van der Waals surface area contributed by atoms with Crippen LogP contribution in [0.3, 0.4) is 0 Å². The summed E-state index contributed by atoms with van der Waals surface area (Å²) in [5.74, 6) is 0.0755. The summed E-state index contributed by atoms with van der Waals surface area (Å²) in [7, 11) is 0. The van der Waals surface area contributed by atoms with E-state index in [4.69, 9.17) is 20.8 Å². The second kappa shape index (κ2) is 9.09. The molecule has 1 aromatic carbocycles. The normalized spacial score (nSPS) is 10.6. The molecule has 0 aliphatic heterocycles. The highest BCUT2D eigenvalue weighted by molar-refractivity contribution is 9.10.